The Hall–Kier alpha value is -2.30. The van der Waals surface area contributed by atoms with Gasteiger partial charge in [0.05, 0.1) is 12.1 Å². The minimum Gasteiger partial charge on any atom is -0.462 e. The van der Waals surface area contributed by atoms with Crippen LogP contribution in [0.15, 0.2) is 24.3 Å². The molecular weight excluding hydrogens is 290 g/mol. The zero-order valence-electron chi connectivity index (χ0n) is 14.1. The summed E-state index contributed by atoms with van der Waals surface area (Å²) in [6.07, 6.45) is 0.956. The van der Waals surface area contributed by atoms with E-state index in [9.17, 15) is 4.79 Å². The first-order valence-electron chi connectivity index (χ1n) is 8.06. The van der Waals surface area contributed by atoms with E-state index in [1.165, 1.54) is 0 Å². The largest absolute Gasteiger partial charge is 0.462 e. The van der Waals surface area contributed by atoms with Crippen molar-refractivity contribution in [2.75, 3.05) is 18.5 Å². The molecule has 0 bridgehead atoms. The summed E-state index contributed by atoms with van der Waals surface area (Å²) in [7, 11) is 0. The Kier molecular flexibility index (Phi) is 3.88. The fourth-order valence-electron chi connectivity index (χ4n) is 3.04. The average Bonchev–Trinajstić information content (AvgIpc) is 2.88. The molecule has 0 saturated heterocycles. The Bertz CT molecular complexity index is 747. The van der Waals surface area contributed by atoms with Crippen LogP contribution in [0.1, 0.15) is 43.1 Å². The first kappa shape index (κ1) is 15.6. The number of esters is 1. The number of anilines is 1. The third kappa shape index (κ3) is 2.60. The molecule has 1 aliphatic rings. The van der Waals surface area contributed by atoms with E-state index < -0.39 is 0 Å². The lowest BCUT2D eigenvalue weighted by molar-refractivity contribution is 0.0528. The number of hydrogen-bond donors (Lipinski definition) is 1. The molecule has 5 nitrogen and oxygen atoms in total. The fraction of sp³-hybridized carbons (Fsp3) is 0.444. The molecule has 0 unspecified atom stereocenters. The van der Waals surface area contributed by atoms with E-state index in [2.05, 4.69) is 19.2 Å². The van der Waals surface area contributed by atoms with Gasteiger partial charge in [0.15, 0.2) is 0 Å². The van der Waals surface area contributed by atoms with Crippen molar-refractivity contribution in [3.8, 4) is 11.3 Å². The molecule has 23 heavy (non-hydrogen) atoms. The first-order valence-corrected chi connectivity index (χ1v) is 8.06. The summed E-state index contributed by atoms with van der Waals surface area (Å²) >= 11 is 0. The minimum absolute atomic E-state index is 0.136. The predicted octanol–water partition coefficient (Wildman–Crippen LogP) is 3.59. The molecular formula is C18H23N3O2. The summed E-state index contributed by atoms with van der Waals surface area (Å²) < 4.78 is 7.23. The van der Waals surface area contributed by atoms with Gasteiger partial charge in [-0.15, -0.1) is 0 Å². The van der Waals surface area contributed by atoms with Gasteiger partial charge in [-0.05, 0) is 39.7 Å². The van der Waals surface area contributed by atoms with Crippen molar-refractivity contribution >= 4 is 11.8 Å². The standard InChI is InChI=1S/C18H23N3O2/c1-5-23-17(22)14-15(13-9-7-6-8-12(13)2)20-21-16(14)19-11-10-18(21,3)4/h6-9,19H,5,10-11H2,1-4H3. The van der Waals surface area contributed by atoms with Crippen molar-refractivity contribution in [1.29, 1.82) is 0 Å². The molecule has 2 aromatic rings. The van der Waals surface area contributed by atoms with E-state index in [1.54, 1.807) is 0 Å². The van der Waals surface area contributed by atoms with E-state index in [-0.39, 0.29) is 11.5 Å². The molecule has 122 valence electrons. The minimum atomic E-state index is -0.322. The van der Waals surface area contributed by atoms with Crippen LogP contribution < -0.4 is 5.32 Å². The Morgan fingerprint density at radius 1 is 1.39 bits per heavy atom. The van der Waals surface area contributed by atoms with Gasteiger partial charge >= 0.3 is 5.97 Å². The van der Waals surface area contributed by atoms with Crippen molar-refractivity contribution in [2.45, 2.75) is 39.7 Å². The number of benzene rings is 1. The smallest absolute Gasteiger partial charge is 0.344 e. The van der Waals surface area contributed by atoms with Gasteiger partial charge in [-0.2, -0.15) is 5.10 Å². The number of nitrogens with one attached hydrogen (secondary N) is 1. The summed E-state index contributed by atoms with van der Waals surface area (Å²) in [5.41, 5.74) is 3.15. The number of hydrogen-bond acceptors (Lipinski definition) is 4. The molecule has 2 heterocycles. The number of aryl methyl sites for hydroxylation is 1. The highest BCUT2D eigenvalue weighted by Crippen LogP contribution is 2.37. The van der Waals surface area contributed by atoms with E-state index in [0.717, 1.165) is 29.9 Å². The zero-order valence-corrected chi connectivity index (χ0v) is 14.1. The second kappa shape index (κ2) is 5.72. The van der Waals surface area contributed by atoms with Crippen LogP contribution in [0.4, 0.5) is 5.82 Å². The number of fused-ring (bicyclic) bond motifs is 1. The van der Waals surface area contributed by atoms with E-state index in [0.29, 0.717) is 17.9 Å². The molecule has 1 aliphatic heterocycles. The molecule has 0 aliphatic carbocycles. The average molecular weight is 313 g/mol. The predicted molar refractivity (Wildman–Crippen MR) is 90.8 cm³/mol. The van der Waals surface area contributed by atoms with E-state index in [4.69, 9.17) is 9.84 Å². The van der Waals surface area contributed by atoms with Crippen molar-refractivity contribution < 1.29 is 9.53 Å². The second-order valence-electron chi connectivity index (χ2n) is 6.51. The summed E-state index contributed by atoms with van der Waals surface area (Å²) in [6.45, 7) is 9.29. The molecule has 0 radical (unpaired) electrons. The molecule has 1 N–H and O–H groups in total. The fourth-order valence-corrected chi connectivity index (χ4v) is 3.04. The second-order valence-corrected chi connectivity index (χ2v) is 6.51. The first-order chi connectivity index (χ1) is 11.0. The van der Waals surface area contributed by atoms with Crippen LogP contribution in [-0.4, -0.2) is 28.9 Å². The number of carbonyl (C=O) groups is 1. The Morgan fingerprint density at radius 3 is 2.83 bits per heavy atom. The number of carbonyl (C=O) groups excluding carboxylic acids is 1. The van der Waals surface area contributed by atoms with Crippen LogP contribution in [0.25, 0.3) is 11.3 Å². The monoisotopic (exact) mass is 313 g/mol. The molecule has 5 heteroatoms. The Labute approximate surface area is 136 Å². The molecule has 0 atom stereocenters. The maximum atomic E-state index is 12.6. The summed E-state index contributed by atoms with van der Waals surface area (Å²) in [5, 5.41) is 8.13. The van der Waals surface area contributed by atoms with Gasteiger partial charge in [-0.1, -0.05) is 24.3 Å². The van der Waals surface area contributed by atoms with Crippen LogP contribution in [0.2, 0.25) is 0 Å². The highest BCUT2D eigenvalue weighted by atomic mass is 16.5. The molecule has 0 saturated carbocycles. The van der Waals surface area contributed by atoms with Crippen molar-refractivity contribution in [1.82, 2.24) is 9.78 Å². The molecule has 3 rings (SSSR count). The van der Waals surface area contributed by atoms with Crippen molar-refractivity contribution in [2.24, 2.45) is 0 Å². The van der Waals surface area contributed by atoms with Crippen molar-refractivity contribution in [3.05, 3.63) is 35.4 Å². The summed E-state index contributed by atoms with van der Waals surface area (Å²) in [5.74, 6) is 0.440. The van der Waals surface area contributed by atoms with Gasteiger partial charge in [0.2, 0.25) is 0 Å². The summed E-state index contributed by atoms with van der Waals surface area (Å²) in [4.78, 5) is 12.6. The number of rotatable bonds is 3. The van der Waals surface area contributed by atoms with E-state index in [1.807, 2.05) is 42.8 Å². The SMILES string of the molecule is CCOC(=O)c1c(-c2ccccc2C)nn2c1NCCC2(C)C. The molecule has 0 fully saturated rings. The van der Waals surface area contributed by atoms with Crippen LogP contribution in [0.3, 0.4) is 0 Å². The lowest BCUT2D eigenvalue weighted by atomic mass is 9.98. The van der Waals surface area contributed by atoms with Gasteiger partial charge in [0, 0.05) is 12.1 Å². The van der Waals surface area contributed by atoms with Gasteiger partial charge in [-0.25, -0.2) is 9.48 Å². The molecule has 0 amide bonds. The Morgan fingerprint density at radius 2 is 2.13 bits per heavy atom. The van der Waals surface area contributed by atoms with Gasteiger partial charge in [-0.3, -0.25) is 0 Å². The van der Waals surface area contributed by atoms with Gasteiger partial charge in [0.25, 0.3) is 0 Å². The number of aromatic nitrogens is 2. The highest BCUT2D eigenvalue weighted by Gasteiger charge is 2.35. The topological polar surface area (TPSA) is 56.1 Å². The van der Waals surface area contributed by atoms with Crippen molar-refractivity contribution in [3.63, 3.8) is 0 Å². The van der Waals surface area contributed by atoms with Crippen LogP contribution in [0, 0.1) is 6.92 Å². The number of ether oxygens (including phenoxy) is 1. The summed E-state index contributed by atoms with van der Waals surface area (Å²) in [6, 6.07) is 7.98. The molecule has 1 aromatic heterocycles. The molecule has 0 spiro atoms. The molecule has 1 aromatic carbocycles. The van der Waals surface area contributed by atoms with Crippen LogP contribution in [-0.2, 0) is 10.3 Å². The van der Waals surface area contributed by atoms with Gasteiger partial charge in [0.1, 0.15) is 17.1 Å². The van der Waals surface area contributed by atoms with E-state index >= 15 is 0 Å². The Balaban J connectivity index is 2.25. The van der Waals surface area contributed by atoms with Crippen LogP contribution in [0.5, 0.6) is 0 Å². The lowest BCUT2D eigenvalue weighted by Crippen LogP contribution is -2.36. The quantitative estimate of drug-likeness (QED) is 0.880. The number of nitrogens with zero attached hydrogens (tertiary/aromatic N) is 2. The normalized spacial score (nSPS) is 15.7. The van der Waals surface area contributed by atoms with Crippen LogP contribution >= 0.6 is 0 Å². The zero-order chi connectivity index (χ0) is 16.6. The maximum Gasteiger partial charge on any atom is 0.344 e. The third-order valence-corrected chi connectivity index (χ3v) is 4.37. The van der Waals surface area contributed by atoms with Gasteiger partial charge < -0.3 is 10.1 Å². The third-order valence-electron chi connectivity index (χ3n) is 4.37. The lowest BCUT2D eigenvalue weighted by Gasteiger charge is -2.32. The highest BCUT2D eigenvalue weighted by molar-refractivity contribution is 6.01. The maximum absolute atomic E-state index is 12.6.